The molecule has 8 heteroatoms. The van der Waals surface area contributed by atoms with E-state index in [0.29, 0.717) is 11.3 Å². The molecular weight excluding hydrogens is 384 g/mol. The molecule has 0 spiro atoms. The number of amidine groups is 1. The minimum Gasteiger partial charge on any atom is -0.461 e. The van der Waals surface area contributed by atoms with E-state index in [2.05, 4.69) is 10.6 Å². The molecule has 30 heavy (non-hydrogen) atoms. The molecule has 2 aromatic rings. The Morgan fingerprint density at radius 1 is 1.00 bits per heavy atom. The van der Waals surface area contributed by atoms with E-state index in [1.54, 1.807) is 31.2 Å². The average Bonchev–Trinajstić information content (AvgIpc) is 2.72. The van der Waals surface area contributed by atoms with Crippen molar-refractivity contribution < 1.29 is 19.1 Å². The van der Waals surface area contributed by atoms with Gasteiger partial charge in [-0.05, 0) is 36.8 Å². The molecule has 0 aliphatic heterocycles. The number of carbonyl (C=O) groups is 3. The third kappa shape index (κ3) is 8.14. The fourth-order valence-corrected chi connectivity index (χ4v) is 2.63. The highest BCUT2D eigenvalue weighted by atomic mass is 16.5. The van der Waals surface area contributed by atoms with Gasteiger partial charge in [-0.2, -0.15) is 0 Å². The van der Waals surface area contributed by atoms with Crippen LogP contribution in [-0.4, -0.2) is 29.7 Å². The van der Waals surface area contributed by atoms with Crippen molar-refractivity contribution in [2.24, 2.45) is 5.73 Å². The van der Waals surface area contributed by atoms with E-state index in [1.807, 2.05) is 30.3 Å². The molecule has 1 unspecified atom stereocenters. The minimum absolute atomic E-state index is 0.000760. The summed E-state index contributed by atoms with van der Waals surface area (Å²) in [5, 5.41) is 12.7. The molecule has 0 aliphatic rings. The van der Waals surface area contributed by atoms with E-state index < -0.39 is 12.0 Å². The topological polar surface area (TPSA) is 134 Å². The van der Waals surface area contributed by atoms with Crippen LogP contribution in [0.25, 0.3) is 0 Å². The average molecular weight is 410 g/mol. The van der Waals surface area contributed by atoms with Gasteiger partial charge in [-0.3, -0.25) is 19.8 Å². The summed E-state index contributed by atoms with van der Waals surface area (Å²) in [5.41, 5.74) is 7.39. The predicted molar refractivity (Wildman–Crippen MR) is 114 cm³/mol. The standard InChI is InChI=1S/C22H26N4O4/c1-15(13-21(29)30-14-16-5-3-2-4-6-16)25-19(27)11-12-20(28)26-18-9-7-17(8-10-18)22(23)24/h2-10,15H,11-14H2,1H3,(H3,23,24)(H,25,27)(H,26,28). The summed E-state index contributed by atoms with van der Waals surface area (Å²) >= 11 is 0. The van der Waals surface area contributed by atoms with Crippen molar-refractivity contribution in [3.63, 3.8) is 0 Å². The molecule has 2 amide bonds. The smallest absolute Gasteiger partial charge is 0.308 e. The second-order valence-electron chi connectivity index (χ2n) is 6.86. The molecule has 5 N–H and O–H groups in total. The third-order valence-electron chi connectivity index (χ3n) is 4.18. The zero-order chi connectivity index (χ0) is 21.9. The number of ether oxygens (including phenoxy) is 1. The van der Waals surface area contributed by atoms with E-state index in [4.69, 9.17) is 15.9 Å². The first-order chi connectivity index (χ1) is 14.3. The fourth-order valence-electron chi connectivity index (χ4n) is 2.63. The van der Waals surface area contributed by atoms with Crippen LogP contribution in [0.5, 0.6) is 0 Å². The van der Waals surface area contributed by atoms with Crippen LogP contribution < -0.4 is 16.4 Å². The first kappa shape index (κ1) is 22.6. The van der Waals surface area contributed by atoms with Crippen LogP contribution in [0.1, 0.15) is 37.3 Å². The van der Waals surface area contributed by atoms with Crippen molar-refractivity contribution in [2.45, 2.75) is 38.8 Å². The molecule has 0 radical (unpaired) electrons. The quantitative estimate of drug-likeness (QED) is 0.271. The van der Waals surface area contributed by atoms with Gasteiger partial charge in [-0.1, -0.05) is 30.3 Å². The van der Waals surface area contributed by atoms with E-state index >= 15 is 0 Å². The van der Waals surface area contributed by atoms with Crippen molar-refractivity contribution >= 4 is 29.3 Å². The molecule has 0 aliphatic carbocycles. The van der Waals surface area contributed by atoms with Crippen LogP contribution in [0.4, 0.5) is 5.69 Å². The Hall–Kier alpha value is -3.68. The number of amides is 2. The zero-order valence-corrected chi connectivity index (χ0v) is 16.8. The van der Waals surface area contributed by atoms with Gasteiger partial charge in [0.05, 0.1) is 6.42 Å². The van der Waals surface area contributed by atoms with Gasteiger partial charge in [0.25, 0.3) is 0 Å². The van der Waals surface area contributed by atoms with Crippen molar-refractivity contribution in [2.75, 3.05) is 5.32 Å². The van der Waals surface area contributed by atoms with Crippen LogP contribution in [0.15, 0.2) is 54.6 Å². The van der Waals surface area contributed by atoms with E-state index in [9.17, 15) is 14.4 Å². The van der Waals surface area contributed by atoms with Crippen molar-refractivity contribution in [1.29, 1.82) is 5.41 Å². The van der Waals surface area contributed by atoms with Gasteiger partial charge in [-0.15, -0.1) is 0 Å². The second-order valence-corrected chi connectivity index (χ2v) is 6.86. The summed E-state index contributed by atoms with van der Waals surface area (Å²) in [5.74, 6) is -1.09. The molecule has 1 atom stereocenters. The molecular formula is C22H26N4O4. The molecule has 0 saturated heterocycles. The Morgan fingerprint density at radius 3 is 2.27 bits per heavy atom. The van der Waals surface area contributed by atoms with E-state index in [-0.39, 0.29) is 43.5 Å². The van der Waals surface area contributed by atoms with Crippen LogP contribution >= 0.6 is 0 Å². The van der Waals surface area contributed by atoms with Gasteiger partial charge in [0.2, 0.25) is 11.8 Å². The molecule has 2 aromatic carbocycles. The van der Waals surface area contributed by atoms with Gasteiger partial charge in [0.1, 0.15) is 12.4 Å². The summed E-state index contributed by atoms with van der Waals surface area (Å²) in [6, 6.07) is 15.5. The van der Waals surface area contributed by atoms with Crippen molar-refractivity contribution in [3.8, 4) is 0 Å². The maximum Gasteiger partial charge on any atom is 0.308 e. The third-order valence-corrected chi connectivity index (χ3v) is 4.18. The number of benzene rings is 2. The summed E-state index contributed by atoms with van der Waals surface area (Å²) < 4.78 is 5.19. The lowest BCUT2D eigenvalue weighted by Crippen LogP contribution is -2.35. The SMILES string of the molecule is CC(CC(=O)OCc1ccccc1)NC(=O)CCC(=O)Nc1ccc(C(=N)N)cc1. The van der Waals surface area contributed by atoms with Crippen LogP contribution in [0.2, 0.25) is 0 Å². The van der Waals surface area contributed by atoms with Gasteiger partial charge in [-0.25, -0.2) is 0 Å². The summed E-state index contributed by atoms with van der Waals surface area (Å²) in [6.45, 7) is 1.90. The fraction of sp³-hybridized carbons (Fsp3) is 0.273. The van der Waals surface area contributed by atoms with Crippen molar-refractivity contribution in [1.82, 2.24) is 5.32 Å². The Balaban J connectivity index is 1.65. The summed E-state index contributed by atoms with van der Waals surface area (Å²) in [7, 11) is 0. The monoisotopic (exact) mass is 410 g/mol. The van der Waals surface area contributed by atoms with Gasteiger partial charge >= 0.3 is 5.97 Å². The minimum atomic E-state index is -0.404. The van der Waals surface area contributed by atoms with Crippen molar-refractivity contribution in [3.05, 3.63) is 65.7 Å². The van der Waals surface area contributed by atoms with Gasteiger partial charge in [0.15, 0.2) is 0 Å². The maximum absolute atomic E-state index is 12.0. The van der Waals surface area contributed by atoms with E-state index in [1.165, 1.54) is 0 Å². The lowest BCUT2D eigenvalue weighted by Gasteiger charge is -2.13. The maximum atomic E-state index is 12.0. The van der Waals surface area contributed by atoms with Crippen LogP contribution in [-0.2, 0) is 25.7 Å². The number of esters is 1. The number of anilines is 1. The molecule has 0 fully saturated rings. The number of nitrogen functional groups attached to an aromatic ring is 1. The number of hydrogen-bond acceptors (Lipinski definition) is 5. The first-order valence-electron chi connectivity index (χ1n) is 9.56. The number of rotatable bonds is 10. The lowest BCUT2D eigenvalue weighted by molar-refractivity contribution is -0.145. The Morgan fingerprint density at radius 2 is 1.63 bits per heavy atom. The van der Waals surface area contributed by atoms with E-state index in [0.717, 1.165) is 5.56 Å². The first-order valence-corrected chi connectivity index (χ1v) is 9.56. The lowest BCUT2D eigenvalue weighted by atomic mass is 10.2. The molecule has 0 saturated carbocycles. The molecule has 8 nitrogen and oxygen atoms in total. The zero-order valence-electron chi connectivity index (χ0n) is 16.8. The highest BCUT2D eigenvalue weighted by Gasteiger charge is 2.14. The van der Waals surface area contributed by atoms with Crippen LogP contribution in [0, 0.1) is 5.41 Å². The highest BCUT2D eigenvalue weighted by molar-refractivity contribution is 5.96. The Kier molecular flexibility index (Phi) is 8.56. The number of carbonyl (C=O) groups excluding carboxylic acids is 3. The largest absolute Gasteiger partial charge is 0.461 e. The second kappa shape index (κ2) is 11.4. The Bertz CT molecular complexity index is 882. The Labute approximate surface area is 175 Å². The molecule has 2 rings (SSSR count). The molecule has 0 bridgehead atoms. The molecule has 0 aromatic heterocycles. The van der Waals surface area contributed by atoms with Crippen LogP contribution in [0.3, 0.4) is 0 Å². The normalized spacial score (nSPS) is 11.2. The molecule has 158 valence electrons. The highest BCUT2D eigenvalue weighted by Crippen LogP contribution is 2.10. The summed E-state index contributed by atoms with van der Waals surface area (Å²) in [6.07, 6.45) is 0.0551. The number of nitrogens with one attached hydrogen (secondary N) is 3. The molecule has 0 heterocycles. The van der Waals surface area contributed by atoms with Gasteiger partial charge < -0.3 is 21.1 Å². The summed E-state index contributed by atoms with van der Waals surface area (Å²) in [4.78, 5) is 35.9. The van der Waals surface area contributed by atoms with Gasteiger partial charge in [0, 0.05) is 30.1 Å². The predicted octanol–water partition coefficient (Wildman–Crippen LogP) is 2.33. The number of nitrogens with two attached hydrogens (primary N) is 1. The number of hydrogen-bond donors (Lipinski definition) is 4.